The van der Waals surface area contributed by atoms with Crippen LogP contribution in [0.1, 0.15) is 31.9 Å². The first-order valence-electron chi connectivity index (χ1n) is 6.67. The lowest BCUT2D eigenvalue weighted by Gasteiger charge is -2.24. The van der Waals surface area contributed by atoms with Gasteiger partial charge in [0.05, 0.1) is 5.41 Å². The zero-order valence-electron chi connectivity index (χ0n) is 11.5. The molecule has 116 valence electrons. The van der Waals surface area contributed by atoms with Gasteiger partial charge >= 0.3 is 12.1 Å². The molecule has 1 aromatic rings. The molecule has 1 atom stereocenters. The highest BCUT2D eigenvalue weighted by molar-refractivity contribution is 5.76. The van der Waals surface area contributed by atoms with Crippen molar-refractivity contribution in [2.75, 3.05) is 18.0 Å². The lowest BCUT2D eigenvalue weighted by atomic mass is 9.83. The summed E-state index contributed by atoms with van der Waals surface area (Å²) >= 11 is 0. The standard InChI is InChI=1S/C13H16F3N3O2/c1-2-4-12(10(20)21)5-7-19(8-12)11-17-6-3-9(18-11)13(14,15)16/h3,6H,2,4-5,7-8H2,1H3,(H,20,21). The summed E-state index contributed by atoms with van der Waals surface area (Å²) in [5, 5.41) is 9.40. The number of carboxylic acids is 1. The van der Waals surface area contributed by atoms with Crippen molar-refractivity contribution in [1.82, 2.24) is 9.97 Å². The van der Waals surface area contributed by atoms with Gasteiger partial charge in [0, 0.05) is 19.3 Å². The second kappa shape index (κ2) is 5.50. The van der Waals surface area contributed by atoms with Gasteiger partial charge in [-0.25, -0.2) is 9.97 Å². The second-order valence-corrected chi connectivity index (χ2v) is 5.25. The summed E-state index contributed by atoms with van der Waals surface area (Å²) in [7, 11) is 0. The summed E-state index contributed by atoms with van der Waals surface area (Å²) in [5.74, 6) is -0.983. The first kappa shape index (κ1) is 15.5. The van der Waals surface area contributed by atoms with Crippen LogP contribution in [-0.2, 0) is 11.0 Å². The van der Waals surface area contributed by atoms with E-state index in [-0.39, 0.29) is 12.5 Å². The smallest absolute Gasteiger partial charge is 0.433 e. The molecule has 1 N–H and O–H groups in total. The topological polar surface area (TPSA) is 66.3 Å². The fourth-order valence-electron chi connectivity index (χ4n) is 2.67. The molecule has 1 aliphatic heterocycles. The molecule has 8 heteroatoms. The van der Waals surface area contributed by atoms with E-state index in [2.05, 4.69) is 9.97 Å². The van der Waals surface area contributed by atoms with E-state index in [1.165, 1.54) is 4.90 Å². The van der Waals surface area contributed by atoms with E-state index in [1.807, 2.05) is 6.92 Å². The van der Waals surface area contributed by atoms with Gasteiger partial charge in [-0.1, -0.05) is 13.3 Å². The number of carbonyl (C=O) groups is 1. The number of hydrogen-bond donors (Lipinski definition) is 1. The van der Waals surface area contributed by atoms with Gasteiger partial charge in [0.1, 0.15) is 5.69 Å². The Bertz CT molecular complexity index is 536. The number of anilines is 1. The third-order valence-electron chi connectivity index (χ3n) is 3.75. The number of aromatic nitrogens is 2. The van der Waals surface area contributed by atoms with Crippen molar-refractivity contribution >= 4 is 11.9 Å². The number of carboxylic acid groups (broad SMARTS) is 1. The molecule has 1 saturated heterocycles. The largest absolute Gasteiger partial charge is 0.481 e. The molecular weight excluding hydrogens is 287 g/mol. The predicted molar refractivity (Wildman–Crippen MR) is 68.8 cm³/mol. The minimum atomic E-state index is -4.54. The Labute approximate surface area is 119 Å². The van der Waals surface area contributed by atoms with E-state index in [9.17, 15) is 23.1 Å². The number of hydrogen-bond acceptors (Lipinski definition) is 4. The van der Waals surface area contributed by atoms with Crippen LogP contribution >= 0.6 is 0 Å². The Morgan fingerprint density at radius 3 is 2.81 bits per heavy atom. The molecule has 0 saturated carbocycles. The minimum absolute atomic E-state index is 0.0657. The summed E-state index contributed by atoms with van der Waals surface area (Å²) in [6.45, 7) is 2.36. The van der Waals surface area contributed by atoms with Crippen LogP contribution in [0.25, 0.3) is 0 Å². The summed E-state index contributed by atoms with van der Waals surface area (Å²) < 4.78 is 38.0. The van der Waals surface area contributed by atoms with Crippen LogP contribution < -0.4 is 4.90 Å². The molecule has 2 rings (SSSR count). The van der Waals surface area contributed by atoms with E-state index >= 15 is 0 Å². The summed E-state index contributed by atoms with van der Waals surface area (Å²) in [4.78, 5) is 20.3. The van der Waals surface area contributed by atoms with Gasteiger partial charge in [-0.15, -0.1) is 0 Å². The molecule has 2 heterocycles. The average molecular weight is 303 g/mol. The number of nitrogens with zero attached hydrogens (tertiary/aromatic N) is 3. The predicted octanol–water partition coefficient (Wildman–Crippen LogP) is 2.58. The molecule has 0 spiro atoms. The molecule has 1 fully saturated rings. The van der Waals surface area contributed by atoms with Crippen molar-refractivity contribution < 1.29 is 23.1 Å². The van der Waals surface area contributed by atoms with Gasteiger partial charge in [0.2, 0.25) is 5.95 Å². The van der Waals surface area contributed by atoms with Gasteiger partial charge in [-0.2, -0.15) is 13.2 Å². The normalized spacial score (nSPS) is 22.6. The quantitative estimate of drug-likeness (QED) is 0.926. The highest BCUT2D eigenvalue weighted by atomic mass is 19.4. The van der Waals surface area contributed by atoms with Crippen LogP contribution in [-0.4, -0.2) is 34.1 Å². The molecule has 1 aliphatic rings. The van der Waals surface area contributed by atoms with Crippen molar-refractivity contribution in [3.05, 3.63) is 18.0 Å². The summed E-state index contributed by atoms with van der Waals surface area (Å²) in [6.07, 6.45) is -1.92. The van der Waals surface area contributed by atoms with Crippen molar-refractivity contribution in [2.24, 2.45) is 5.41 Å². The molecular formula is C13H16F3N3O2. The first-order chi connectivity index (χ1) is 9.78. The number of halogens is 3. The van der Waals surface area contributed by atoms with Gasteiger partial charge < -0.3 is 10.0 Å². The zero-order chi connectivity index (χ0) is 15.7. The summed E-state index contributed by atoms with van der Waals surface area (Å²) in [6, 6.07) is 0.802. The molecule has 1 unspecified atom stereocenters. The first-order valence-corrected chi connectivity index (χ1v) is 6.67. The maximum Gasteiger partial charge on any atom is 0.433 e. The second-order valence-electron chi connectivity index (χ2n) is 5.25. The number of aliphatic carboxylic acids is 1. The average Bonchev–Trinajstić information content (AvgIpc) is 2.84. The maximum absolute atomic E-state index is 12.7. The SMILES string of the molecule is CCCC1(C(=O)O)CCN(c2nccc(C(F)(F)F)n2)C1. The minimum Gasteiger partial charge on any atom is -0.481 e. The monoisotopic (exact) mass is 303 g/mol. The third kappa shape index (κ3) is 3.08. The van der Waals surface area contributed by atoms with Crippen LogP contribution in [0.3, 0.4) is 0 Å². The molecule has 0 amide bonds. The Morgan fingerprint density at radius 1 is 1.52 bits per heavy atom. The molecule has 5 nitrogen and oxygen atoms in total. The number of rotatable bonds is 4. The van der Waals surface area contributed by atoms with Gasteiger partial charge in [-0.3, -0.25) is 4.79 Å². The van der Waals surface area contributed by atoms with E-state index in [0.29, 0.717) is 25.8 Å². The molecule has 0 bridgehead atoms. The lowest BCUT2D eigenvalue weighted by Crippen LogP contribution is -2.35. The highest BCUT2D eigenvalue weighted by Gasteiger charge is 2.45. The van der Waals surface area contributed by atoms with E-state index in [0.717, 1.165) is 12.3 Å². The van der Waals surface area contributed by atoms with Crippen molar-refractivity contribution in [3.63, 3.8) is 0 Å². The van der Waals surface area contributed by atoms with Crippen molar-refractivity contribution in [3.8, 4) is 0 Å². The summed E-state index contributed by atoms with van der Waals surface area (Å²) in [5.41, 5.74) is -1.94. The van der Waals surface area contributed by atoms with Gasteiger partial charge in [0.15, 0.2) is 0 Å². The Morgan fingerprint density at radius 2 is 2.24 bits per heavy atom. The van der Waals surface area contributed by atoms with Crippen molar-refractivity contribution in [2.45, 2.75) is 32.4 Å². The molecule has 1 aromatic heterocycles. The van der Waals surface area contributed by atoms with Crippen LogP contribution in [0.2, 0.25) is 0 Å². The molecule has 0 radical (unpaired) electrons. The van der Waals surface area contributed by atoms with Crippen LogP contribution in [0.5, 0.6) is 0 Å². The van der Waals surface area contributed by atoms with Crippen LogP contribution in [0.4, 0.5) is 19.1 Å². The third-order valence-corrected chi connectivity index (χ3v) is 3.75. The van der Waals surface area contributed by atoms with E-state index < -0.39 is 23.3 Å². The maximum atomic E-state index is 12.7. The molecule has 0 aliphatic carbocycles. The van der Waals surface area contributed by atoms with Gasteiger partial charge in [-0.05, 0) is 18.9 Å². The Balaban J connectivity index is 2.23. The Kier molecular flexibility index (Phi) is 4.06. The van der Waals surface area contributed by atoms with Crippen LogP contribution in [0, 0.1) is 5.41 Å². The lowest BCUT2D eigenvalue weighted by molar-refractivity contribution is -0.148. The van der Waals surface area contributed by atoms with Crippen LogP contribution in [0.15, 0.2) is 12.3 Å². The fourth-order valence-corrected chi connectivity index (χ4v) is 2.67. The zero-order valence-corrected chi connectivity index (χ0v) is 11.5. The fraction of sp³-hybridized carbons (Fsp3) is 0.615. The highest BCUT2D eigenvalue weighted by Crippen LogP contribution is 2.37. The molecule has 0 aromatic carbocycles. The van der Waals surface area contributed by atoms with Gasteiger partial charge in [0.25, 0.3) is 0 Å². The van der Waals surface area contributed by atoms with E-state index in [1.54, 1.807) is 0 Å². The Hall–Kier alpha value is -1.86. The number of alkyl halides is 3. The molecule has 21 heavy (non-hydrogen) atoms. The van der Waals surface area contributed by atoms with Crippen molar-refractivity contribution in [1.29, 1.82) is 0 Å². The van der Waals surface area contributed by atoms with E-state index in [4.69, 9.17) is 0 Å².